The molecule has 0 saturated heterocycles. The lowest BCUT2D eigenvalue weighted by molar-refractivity contribution is -0.157. The molecular formula is C19H28N2O6. The minimum atomic E-state index is -0.978. The van der Waals surface area contributed by atoms with E-state index in [1.807, 2.05) is 0 Å². The van der Waals surface area contributed by atoms with Gasteiger partial charge in [-0.25, -0.2) is 4.79 Å². The molecule has 1 aromatic carbocycles. The lowest BCUT2D eigenvalue weighted by Gasteiger charge is -2.23. The molecule has 8 nitrogen and oxygen atoms in total. The maximum atomic E-state index is 12.4. The van der Waals surface area contributed by atoms with E-state index in [1.165, 1.54) is 21.1 Å². The lowest BCUT2D eigenvalue weighted by atomic mass is 10.0. The van der Waals surface area contributed by atoms with Gasteiger partial charge in [-0.1, -0.05) is 13.8 Å². The van der Waals surface area contributed by atoms with E-state index in [-0.39, 0.29) is 5.92 Å². The second-order valence-electron chi connectivity index (χ2n) is 6.29. The zero-order valence-electron chi connectivity index (χ0n) is 16.4. The number of carbonyl (C=O) groups excluding carboxylic acids is 3. The van der Waals surface area contributed by atoms with Crippen LogP contribution in [0.5, 0.6) is 5.75 Å². The Balaban J connectivity index is 2.69. The molecule has 2 amide bonds. The van der Waals surface area contributed by atoms with E-state index >= 15 is 0 Å². The van der Waals surface area contributed by atoms with Crippen molar-refractivity contribution in [2.75, 3.05) is 27.4 Å². The lowest BCUT2D eigenvalue weighted by Crippen LogP contribution is -2.47. The Kier molecular flexibility index (Phi) is 9.29. The Hall–Kier alpha value is -2.61. The summed E-state index contributed by atoms with van der Waals surface area (Å²) in [5, 5.41) is 5.25. The molecule has 0 unspecified atom stereocenters. The molecule has 1 aromatic rings. The van der Waals surface area contributed by atoms with E-state index in [2.05, 4.69) is 10.6 Å². The Morgan fingerprint density at radius 3 is 2.19 bits per heavy atom. The van der Waals surface area contributed by atoms with Gasteiger partial charge in [-0.2, -0.15) is 0 Å². The van der Waals surface area contributed by atoms with Crippen LogP contribution in [-0.4, -0.2) is 57.3 Å². The first kappa shape index (κ1) is 22.4. The molecule has 0 aliphatic heterocycles. The highest BCUT2D eigenvalue weighted by Gasteiger charge is 2.29. The van der Waals surface area contributed by atoms with E-state index < -0.39 is 29.9 Å². The Morgan fingerprint density at radius 2 is 1.67 bits per heavy atom. The Labute approximate surface area is 159 Å². The van der Waals surface area contributed by atoms with Crippen molar-refractivity contribution in [3.05, 3.63) is 29.8 Å². The number of benzene rings is 1. The third kappa shape index (κ3) is 7.26. The Morgan fingerprint density at radius 1 is 1.04 bits per heavy atom. The van der Waals surface area contributed by atoms with Crippen molar-refractivity contribution >= 4 is 17.8 Å². The molecule has 1 rings (SSSR count). The minimum absolute atomic E-state index is 0.219. The third-order valence-corrected chi connectivity index (χ3v) is 3.83. The maximum Gasteiger partial charge on any atom is 0.329 e. The molecular weight excluding hydrogens is 352 g/mol. The molecule has 0 aromatic heterocycles. The topological polar surface area (TPSA) is 103 Å². The predicted molar refractivity (Wildman–Crippen MR) is 99.5 cm³/mol. The van der Waals surface area contributed by atoms with Gasteiger partial charge in [-0.05, 0) is 37.1 Å². The number of methoxy groups -OCH3 is 2. The van der Waals surface area contributed by atoms with Gasteiger partial charge in [-0.3, -0.25) is 9.59 Å². The normalized spacial score (nSPS) is 12.8. The zero-order valence-corrected chi connectivity index (χ0v) is 16.4. The van der Waals surface area contributed by atoms with Crippen LogP contribution in [0.15, 0.2) is 24.3 Å². The third-order valence-electron chi connectivity index (χ3n) is 3.83. The van der Waals surface area contributed by atoms with E-state index in [0.717, 1.165) is 0 Å². The summed E-state index contributed by atoms with van der Waals surface area (Å²) in [6.07, 6.45) is -0.978. The SMILES string of the molecule is COCCNC(=O)[C@H](C)OC(=O)[C@@H](NC(=O)c1ccc(OC)cc1)C(C)C. The quantitative estimate of drug-likeness (QED) is 0.466. The first-order valence-electron chi connectivity index (χ1n) is 8.72. The van der Waals surface area contributed by atoms with Crippen LogP contribution in [0.4, 0.5) is 0 Å². The molecule has 2 N–H and O–H groups in total. The number of ether oxygens (including phenoxy) is 3. The summed E-state index contributed by atoms with van der Waals surface area (Å²) < 4.78 is 15.1. The number of hydrogen-bond acceptors (Lipinski definition) is 6. The summed E-state index contributed by atoms with van der Waals surface area (Å²) in [6.45, 7) is 5.72. The van der Waals surface area contributed by atoms with Gasteiger partial charge >= 0.3 is 5.97 Å². The van der Waals surface area contributed by atoms with Gasteiger partial charge in [0.15, 0.2) is 6.10 Å². The fourth-order valence-electron chi connectivity index (χ4n) is 2.19. The van der Waals surface area contributed by atoms with E-state index in [0.29, 0.717) is 24.5 Å². The van der Waals surface area contributed by atoms with Crippen molar-refractivity contribution in [3.8, 4) is 5.75 Å². The van der Waals surface area contributed by atoms with Crippen molar-refractivity contribution in [2.24, 2.45) is 5.92 Å². The number of hydrogen-bond donors (Lipinski definition) is 2. The largest absolute Gasteiger partial charge is 0.497 e. The second kappa shape index (κ2) is 11.2. The monoisotopic (exact) mass is 380 g/mol. The maximum absolute atomic E-state index is 12.4. The van der Waals surface area contributed by atoms with Gasteiger partial charge in [0.25, 0.3) is 11.8 Å². The molecule has 0 heterocycles. The van der Waals surface area contributed by atoms with Gasteiger partial charge in [0.2, 0.25) is 0 Å². The summed E-state index contributed by atoms with van der Waals surface area (Å²) in [5.74, 6) is -1.10. The van der Waals surface area contributed by atoms with Crippen LogP contribution in [0.1, 0.15) is 31.1 Å². The van der Waals surface area contributed by atoms with Crippen molar-refractivity contribution in [2.45, 2.75) is 32.9 Å². The molecule has 0 aliphatic carbocycles. The van der Waals surface area contributed by atoms with Crippen LogP contribution in [0.2, 0.25) is 0 Å². The zero-order chi connectivity index (χ0) is 20.4. The Bertz CT molecular complexity index is 630. The van der Waals surface area contributed by atoms with Crippen LogP contribution >= 0.6 is 0 Å². The molecule has 0 fully saturated rings. The molecule has 0 aliphatic rings. The molecule has 0 radical (unpaired) electrons. The number of amides is 2. The minimum Gasteiger partial charge on any atom is -0.497 e. The molecule has 0 spiro atoms. The highest BCUT2D eigenvalue weighted by Crippen LogP contribution is 2.13. The molecule has 0 bridgehead atoms. The van der Waals surface area contributed by atoms with Crippen molar-refractivity contribution in [1.82, 2.24) is 10.6 Å². The second-order valence-corrected chi connectivity index (χ2v) is 6.29. The number of esters is 1. The average molecular weight is 380 g/mol. The number of carbonyl (C=O) groups is 3. The van der Waals surface area contributed by atoms with Crippen LogP contribution < -0.4 is 15.4 Å². The standard InChI is InChI=1S/C19H28N2O6/c1-12(2)16(19(24)27-13(3)17(22)20-10-11-25-4)21-18(23)14-6-8-15(26-5)9-7-14/h6-9,12-13,16H,10-11H2,1-5H3,(H,20,22)(H,21,23)/t13-,16-/m0/s1. The molecule has 0 saturated carbocycles. The molecule has 8 heteroatoms. The van der Waals surface area contributed by atoms with Crippen molar-refractivity contribution in [1.29, 1.82) is 0 Å². The summed E-state index contributed by atoms with van der Waals surface area (Å²) >= 11 is 0. The summed E-state index contributed by atoms with van der Waals surface area (Å²) in [6, 6.07) is 5.63. The van der Waals surface area contributed by atoms with Crippen molar-refractivity contribution < 1.29 is 28.6 Å². The van der Waals surface area contributed by atoms with E-state index in [4.69, 9.17) is 14.2 Å². The van der Waals surface area contributed by atoms with Crippen LogP contribution in [0, 0.1) is 5.92 Å². The molecule has 150 valence electrons. The van der Waals surface area contributed by atoms with Crippen molar-refractivity contribution in [3.63, 3.8) is 0 Å². The predicted octanol–water partition coefficient (Wildman–Crippen LogP) is 1.14. The fraction of sp³-hybridized carbons (Fsp3) is 0.526. The van der Waals surface area contributed by atoms with Crippen LogP contribution in [-0.2, 0) is 19.1 Å². The smallest absolute Gasteiger partial charge is 0.329 e. The van der Waals surface area contributed by atoms with E-state index in [9.17, 15) is 14.4 Å². The summed E-state index contributed by atoms with van der Waals surface area (Å²) in [4.78, 5) is 36.7. The summed E-state index contributed by atoms with van der Waals surface area (Å²) in [5.41, 5.74) is 0.389. The van der Waals surface area contributed by atoms with Gasteiger partial charge in [-0.15, -0.1) is 0 Å². The fourth-order valence-corrected chi connectivity index (χ4v) is 2.19. The van der Waals surface area contributed by atoms with Crippen LogP contribution in [0.25, 0.3) is 0 Å². The van der Waals surface area contributed by atoms with Gasteiger partial charge < -0.3 is 24.8 Å². The highest BCUT2D eigenvalue weighted by atomic mass is 16.5. The number of rotatable bonds is 10. The first-order chi connectivity index (χ1) is 12.8. The highest BCUT2D eigenvalue weighted by molar-refractivity contribution is 5.97. The van der Waals surface area contributed by atoms with Gasteiger partial charge in [0.1, 0.15) is 11.8 Å². The molecule has 27 heavy (non-hydrogen) atoms. The summed E-state index contributed by atoms with van der Waals surface area (Å²) in [7, 11) is 3.06. The van der Waals surface area contributed by atoms with E-state index in [1.54, 1.807) is 38.1 Å². The van der Waals surface area contributed by atoms with Crippen LogP contribution in [0.3, 0.4) is 0 Å². The van der Waals surface area contributed by atoms with Gasteiger partial charge in [0.05, 0.1) is 13.7 Å². The number of nitrogens with one attached hydrogen (secondary N) is 2. The van der Waals surface area contributed by atoms with Gasteiger partial charge in [0, 0.05) is 19.2 Å². The average Bonchev–Trinajstić information content (AvgIpc) is 2.65. The first-order valence-corrected chi connectivity index (χ1v) is 8.72. The molecule has 2 atom stereocenters.